The van der Waals surface area contributed by atoms with Gasteiger partial charge in [-0.2, -0.15) is 26.3 Å². The number of amides is 1. The SMILES string of the molecule is COc1ccc(NC(=O)c2ccccc2)c(OC(C(F)(F)F)C(F)(F)F)c1. The zero-order valence-corrected chi connectivity index (χ0v) is 13.7. The van der Waals surface area contributed by atoms with Crippen molar-refractivity contribution in [1.29, 1.82) is 0 Å². The van der Waals surface area contributed by atoms with Crippen LogP contribution in [0, 0.1) is 0 Å². The maximum atomic E-state index is 12.8. The molecule has 2 aromatic carbocycles. The van der Waals surface area contributed by atoms with Crippen molar-refractivity contribution in [3.8, 4) is 11.5 Å². The van der Waals surface area contributed by atoms with E-state index in [1.807, 2.05) is 0 Å². The quantitative estimate of drug-likeness (QED) is 0.741. The molecular formula is C17H13F6NO3. The maximum Gasteiger partial charge on any atom is 0.434 e. The number of hydrogen-bond acceptors (Lipinski definition) is 3. The first-order valence-electron chi connectivity index (χ1n) is 7.37. The van der Waals surface area contributed by atoms with Crippen molar-refractivity contribution in [2.45, 2.75) is 18.5 Å². The molecule has 27 heavy (non-hydrogen) atoms. The summed E-state index contributed by atoms with van der Waals surface area (Å²) in [4.78, 5) is 12.2. The van der Waals surface area contributed by atoms with Crippen molar-refractivity contribution >= 4 is 11.6 Å². The van der Waals surface area contributed by atoms with Gasteiger partial charge < -0.3 is 14.8 Å². The van der Waals surface area contributed by atoms with Crippen molar-refractivity contribution in [3.63, 3.8) is 0 Å². The van der Waals surface area contributed by atoms with Crippen LogP contribution in [0.2, 0.25) is 0 Å². The molecular weight excluding hydrogens is 380 g/mol. The van der Waals surface area contributed by atoms with Crippen LogP contribution in [-0.2, 0) is 0 Å². The molecule has 2 rings (SSSR count). The minimum Gasteiger partial charge on any atom is -0.497 e. The fourth-order valence-electron chi connectivity index (χ4n) is 2.06. The van der Waals surface area contributed by atoms with Gasteiger partial charge in [0.25, 0.3) is 12.0 Å². The molecule has 4 nitrogen and oxygen atoms in total. The third-order valence-electron chi connectivity index (χ3n) is 3.31. The standard InChI is InChI=1S/C17H13F6NO3/c1-26-11-7-8-12(24-14(25)10-5-3-2-4-6-10)13(9-11)27-15(16(18,19)20)17(21,22)23/h2-9,15H,1H3,(H,24,25). The molecule has 10 heteroatoms. The van der Waals surface area contributed by atoms with Gasteiger partial charge in [-0.05, 0) is 24.3 Å². The summed E-state index contributed by atoms with van der Waals surface area (Å²) in [5.74, 6) is -1.62. The average molecular weight is 393 g/mol. The molecule has 0 radical (unpaired) electrons. The predicted octanol–water partition coefficient (Wildman–Crippen LogP) is 4.82. The van der Waals surface area contributed by atoms with Crippen LogP contribution < -0.4 is 14.8 Å². The number of anilines is 1. The lowest BCUT2D eigenvalue weighted by molar-refractivity contribution is -0.299. The van der Waals surface area contributed by atoms with E-state index in [9.17, 15) is 31.1 Å². The molecule has 1 N–H and O–H groups in total. The van der Waals surface area contributed by atoms with E-state index in [-0.39, 0.29) is 17.0 Å². The summed E-state index contributed by atoms with van der Waals surface area (Å²) >= 11 is 0. The van der Waals surface area contributed by atoms with Crippen LogP contribution in [0.25, 0.3) is 0 Å². The van der Waals surface area contributed by atoms with Crippen molar-refractivity contribution in [1.82, 2.24) is 0 Å². The fourth-order valence-corrected chi connectivity index (χ4v) is 2.06. The van der Waals surface area contributed by atoms with Gasteiger partial charge in [0.1, 0.15) is 11.5 Å². The first kappa shape index (κ1) is 20.4. The minimum atomic E-state index is -5.71. The molecule has 1 amide bonds. The minimum absolute atomic E-state index is 0.0502. The molecule has 0 spiro atoms. The second kappa shape index (κ2) is 7.77. The number of nitrogens with one attached hydrogen (secondary N) is 1. The van der Waals surface area contributed by atoms with Crippen LogP contribution >= 0.6 is 0 Å². The fraction of sp³-hybridized carbons (Fsp3) is 0.235. The van der Waals surface area contributed by atoms with Crippen molar-refractivity contribution in [2.75, 3.05) is 12.4 Å². The molecule has 0 heterocycles. The summed E-state index contributed by atoms with van der Waals surface area (Å²) in [6.07, 6.45) is -15.5. The second-order valence-corrected chi connectivity index (χ2v) is 5.26. The van der Waals surface area contributed by atoms with Gasteiger partial charge in [0.05, 0.1) is 12.8 Å². The lowest BCUT2D eigenvalue weighted by atomic mass is 10.2. The zero-order chi connectivity index (χ0) is 20.2. The third kappa shape index (κ3) is 5.28. The number of benzene rings is 2. The highest BCUT2D eigenvalue weighted by molar-refractivity contribution is 6.05. The van der Waals surface area contributed by atoms with Crippen molar-refractivity contribution in [3.05, 3.63) is 54.1 Å². The zero-order valence-electron chi connectivity index (χ0n) is 13.7. The molecule has 0 fully saturated rings. The Balaban J connectivity index is 2.38. The van der Waals surface area contributed by atoms with Crippen LogP contribution in [0.5, 0.6) is 11.5 Å². The van der Waals surface area contributed by atoms with E-state index in [0.717, 1.165) is 12.1 Å². The maximum absolute atomic E-state index is 12.8. The molecule has 0 atom stereocenters. The van der Waals surface area contributed by atoms with E-state index in [0.29, 0.717) is 0 Å². The van der Waals surface area contributed by atoms with Gasteiger partial charge in [-0.3, -0.25) is 4.79 Å². The highest BCUT2D eigenvalue weighted by Gasteiger charge is 2.59. The Morgan fingerprint density at radius 1 is 0.963 bits per heavy atom. The summed E-state index contributed by atoms with van der Waals surface area (Å²) in [5, 5.41) is 2.23. The molecule has 146 valence electrons. The monoisotopic (exact) mass is 393 g/mol. The Hall–Kier alpha value is -2.91. The molecule has 0 aromatic heterocycles. The van der Waals surface area contributed by atoms with E-state index in [1.54, 1.807) is 18.2 Å². The number of carbonyl (C=O) groups is 1. The first-order valence-corrected chi connectivity index (χ1v) is 7.37. The van der Waals surface area contributed by atoms with Crippen LogP contribution in [0.1, 0.15) is 10.4 Å². The lowest BCUT2D eigenvalue weighted by Crippen LogP contribution is -2.46. The van der Waals surface area contributed by atoms with Gasteiger partial charge in [0, 0.05) is 11.6 Å². The topological polar surface area (TPSA) is 47.6 Å². The predicted molar refractivity (Wildman–Crippen MR) is 83.9 cm³/mol. The van der Waals surface area contributed by atoms with Crippen molar-refractivity contribution < 1.29 is 40.6 Å². The van der Waals surface area contributed by atoms with Gasteiger partial charge in [0.15, 0.2) is 0 Å². The number of hydrogen-bond donors (Lipinski definition) is 1. The van der Waals surface area contributed by atoms with E-state index < -0.39 is 30.1 Å². The number of alkyl halides is 6. The van der Waals surface area contributed by atoms with Gasteiger partial charge in [-0.25, -0.2) is 0 Å². The summed E-state index contributed by atoms with van der Waals surface area (Å²) in [5.41, 5.74) is -0.217. The summed E-state index contributed by atoms with van der Waals surface area (Å²) in [6.45, 7) is 0. The number of halogens is 6. The summed E-state index contributed by atoms with van der Waals surface area (Å²) < 4.78 is 85.7. The van der Waals surface area contributed by atoms with Crippen molar-refractivity contribution in [2.24, 2.45) is 0 Å². The first-order chi connectivity index (χ1) is 12.5. The molecule has 0 aliphatic rings. The number of rotatable bonds is 5. The van der Waals surface area contributed by atoms with E-state index in [4.69, 9.17) is 4.74 Å². The van der Waals surface area contributed by atoms with Gasteiger partial charge in [0.2, 0.25) is 0 Å². The highest BCUT2D eigenvalue weighted by atomic mass is 19.4. The third-order valence-corrected chi connectivity index (χ3v) is 3.31. The number of ether oxygens (including phenoxy) is 2. The second-order valence-electron chi connectivity index (χ2n) is 5.26. The van der Waals surface area contributed by atoms with Crippen LogP contribution in [0.15, 0.2) is 48.5 Å². The van der Waals surface area contributed by atoms with Crippen LogP contribution in [0.3, 0.4) is 0 Å². The molecule has 2 aromatic rings. The molecule has 0 saturated heterocycles. The van der Waals surface area contributed by atoms with E-state index >= 15 is 0 Å². The Morgan fingerprint density at radius 3 is 2.07 bits per heavy atom. The normalized spacial score (nSPS) is 12.0. The number of carbonyl (C=O) groups excluding carboxylic acids is 1. The van der Waals surface area contributed by atoms with E-state index in [2.05, 4.69) is 10.1 Å². The largest absolute Gasteiger partial charge is 0.497 e. The summed E-state index contributed by atoms with van der Waals surface area (Å²) in [6, 6.07) is 10.7. The Morgan fingerprint density at radius 2 is 1.56 bits per heavy atom. The van der Waals surface area contributed by atoms with Gasteiger partial charge >= 0.3 is 12.4 Å². The smallest absolute Gasteiger partial charge is 0.434 e. The molecule has 0 unspecified atom stereocenters. The average Bonchev–Trinajstić information content (AvgIpc) is 2.59. The molecule has 0 bridgehead atoms. The van der Waals surface area contributed by atoms with Crippen LogP contribution in [-0.4, -0.2) is 31.5 Å². The Bertz CT molecular complexity index is 775. The Labute approximate surface area is 149 Å². The van der Waals surface area contributed by atoms with Gasteiger partial charge in [-0.15, -0.1) is 0 Å². The number of methoxy groups -OCH3 is 1. The molecule has 0 aliphatic heterocycles. The highest BCUT2D eigenvalue weighted by Crippen LogP contribution is 2.39. The molecule has 0 aliphatic carbocycles. The van der Waals surface area contributed by atoms with E-state index in [1.165, 1.54) is 25.3 Å². The van der Waals surface area contributed by atoms with Crippen LogP contribution in [0.4, 0.5) is 32.0 Å². The summed E-state index contributed by atoms with van der Waals surface area (Å²) in [7, 11) is 1.17. The Kier molecular flexibility index (Phi) is 5.87. The van der Waals surface area contributed by atoms with Gasteiger partial charge in [-0.1, -0.05) is 18.2 Å². The molecule has 0 saturated carbocycles. The lowest BCUT2D eigenvalue weighted by Gasteiger charge is -2.25.